The molecule has 1 aromatic carbocycles. The molecule has 1 aromatic heterocycles. The summed E-state index contributed by atoms with van der Waals surface area (Å²) in [5.74, 6) is 0.0791. The second kappa shape index (κ2) is 10.6. The minimum absolute atomic E-state index is 0.0841. The Morgan fingerprint density at radius 3 is 2.66 bits per heavy atom. The van der Waals surface area contributed by atoms with Crippen molar-refractivity contribution in [3.63, 3.8) is 0 Å². The fourth-order valence-corrected chi connectivity index (χ4v) is 4.03. The van der Waals surface area contributed by atoms with Gasteiger partial charge in [-0.15, -0.1) is 10.2 Å². The van der Waals surface area contributed by atoms with E-state index in [4.69, 9.17) is 0 Å². The van der Waals surface area contributed by atoms with E-state index in [9.17, 15) is 18.0 Å². The lowest BCUT2D eigenvalue weighted by atomic mass is 10.1. The van der Waals surface area contributed by atoms with Gasteiger partial charge in [0, 0.05) is 11.3 Å². The first-order valence-corrected chi connectivity index (χ1v) is 10.7. The molecule has 0 saturated carbocycles. The van der Waals surface area contributed by atoms with Crippen LogP contribution in [0.2, 0.25) is 0 Å². The molecule has 0 aliphatic heterocycles. The SMILES string of the molecule is CC(C)=CCC/C(C)=C/CSc1nnc(NC(=O)c2cccc(C(F)(F)F)c2)s1. The molecule has 4 nitrogen and oxygen atoms in total. The van der Waals surface area contributed by atoms with Crippen molar-refractivity contribution in [1.82, 2.24) is 10.2 Å². The Labute approximate surface area is 176 Å². The van der Waals surface area contributed by atoms with Gasteiger partial charge in [-0.05, 0) is 51.8 Å². The number of thioether (sulfide) groups is 1. The van der Waals surface area contributed by atoms with Crippen LogP contribution in [0, 0.1) is 0 Å². The Balaban J connectivity index is 1.89. The fourth-order valence-electron chi connectivity index (χ4n) is 2.27. The first kappa shape index (κ1) is 23.2. The summed E-state index contributed by atoms with van der Waals surface area (Å²) in [7, 11) is 0. The van der Waals surface area contributed by atoms with Crippen LogP contribution in [0.15, 0.2) is 51.9 Å². The molecule has 9 heteroatoms. The van der Waals surface area contributed by atoms with Crippen molar-refractivity contribution in [2.45, 2.75) is 44.1 Å². The predicted molar refractivity (Wildman–Crippen MR) is 112 cm³/mol. The third-order valence-corrected chi connectivity index (χ3v) is 5.71. The van der Waals surface area contributed by atoms with E-state index in [0.717, 1.165) is 30.7 Å². The van der Waals surface area contributed by atoms with Gasteiger partial charge >= 0.3 is 6.18 Å². The molecule has 0 spiro atoms. The number of hydrogen-bond acceptors (Lipinski definition) is 5. The molecular weight excluding hydrogens is 419 g/mol. The van der Waals surface area contributed by atoms with E-state index >= 15 is 0 Å². The molecule has 0 aliphatic carbocycles. The van der Waals surface area contributed by atoms with Crippen molar-refractivity contribution in [2.75, 3.05) is 11.1 Å². The smallest absolute Gasteiger partial charge is 0.296 e. The van der Waals surface area contributed by atoms with E-state index in [0.29, 0.717) is 4.34 Å². The maximum absolute atomic E-state index is 12.8. The maximum Gasteiger partial charge on any atom is 0.416 e. The van der Waals surface area contributed by atoms with Crippen LogP contribution in [0.1, 0.15) is 49.5 Å². The molecule has 1 amide bonds. The van der Waals surface area contributed by atoms with Crippen LogP contribution in [0.25, 0.3) is 0 Å². The number of alkyl halides is 3. The van der Waals surface area contributed by atoms with Crippen LogP contribution in [0.4, 0.5) is 18.3 Å². The normalized spacial score (nSPS) is 12.0. The van der Waals surface area contributed by atoms with Gasteiger partial charge in [0.05, 0.1) is 5.56 Å². The zero-order valence-corrected chi connectivity index (χ0v) is 18.0. The molecule has 1 N–H and O–H groups in total. The van der Waals surface area contributed by atoms with Crippen LogP contribution in [-0.2, 0) is 6.18 Å². The Kier molecular flexibility index (Phi) is 8.45. The predicted octanol–water partition coefficient (Wildman–Crippen LogP) is 6.59. The number of amides is 1. The van der Waals surface area contributed by atoms with E-state index in [-0.39, 0.29) is 10.7 Å². The van der Waals surface area contributed by atoms with Crippen molar-refractivity contribution >= 4 is 34.1 Å². The lowest BCUT2D eigenvalue weighted by Crippen LogP contribution is -2.13. The van der Waals surface area contributed by atoms with Gasteiger partial charge in [-0.2, -0.15) is 13.2 Å². The van der Waals surface area contributed by atoms with E-state index in [1.54, 1.807) is 0 Å². The minimum Gasteiger partial charge on any atom is -0.296 e. The number of nitrogens with zero attached hydrogens (tertiary/aromatic N) is 2. The number of anilines is 1. The largest absolute Gasteiger partial charge is 0.416 e. The van der Waals surface area contributed by atoms with Gasteiger partial charge in [0.15, 0.2) is 4.34 Å². The second-order valence-corrected chi connectivity index (χ2v) is 8.83. The van der Waals surface area contributed by atoms with Crippen LogP contribution in [0.3, 0.4) is 0 Å². The Hall–Kier alpha value is -2.13. The van der Waals surface area contributed by atoms with Crippen LogP contribution < -0.4 is 5.32 Å². The lowest BCUT2D eigenvalue weighted by Gasteiger charge is -2.08. The Morgan fingerprint density at radius 1 is 1.21 bits per heavy atom. The number of nitrogens with one attached hydrogen (secondary N) is 1. The van der Waals surface area contributed by atoms with Crippen LogP contribution in [0.5, 0.6) is 0 Å². The molecule has 156 valence electrons. The molecule has 0 unspecified atom stereocenters. The summed E-state index contributed by atoms with van der Waals surface area (Å²) in [6, 6.07) is 4.26. The summed E-state index contributed by atoms with van der Waals surface area (Å²) in [6.45, 7) is 6.24. The highest BCUT2D eigenvalue weighted by atomic mass is 32.2. The highest BCUT2D eigenvalue weighted by Gasteiger charge is 2.30. The molecule has 29 heavy (non-hydrogen) atoms. The number of aromatic nitrogens is 2. The van der Waals surface area contributed by atoms with Crippen LogP contribution in [-0.4, -0.2) is 21.9 Å². The van der Waals surface area contributed by atoms with Crippen molar-refractivity contribution < 1.29 is 18.0 Å². The Morgan fingerprint density at radius 2 is 1.97 bits per heavy atom. The highest BCUT2D eigenvalue weighted by Crippen LogP contribution is 2.30. The van der Waals surface area contributed by atoms with Crippen molar-refractivity contribution in [3.05, 3.63) is 58.7 Å². The van der Waals surface area contributed by atoms with Gasteiger partial charge in [-0.25, -0.2) is 0 Å². The third kappa shape index (κ3) is 8.02. The molecule has 2 rings (SSSR count). The summed E-state index contributed by atoms with van der Waals surface area (Å²) < 4.78 is 39.0. The number of carbonyl (C=O) groups is 1. The van der Waals surface area contributed by atoms with Gasteiger partial charge in [0.25, 0.3) is 5.91 Å². The van der Waals surface area contributed by atoms with Crippen molar-refractivity contribution in [1.29, 1.82) is 0 Å². The molecular formula is C20H22F3N3OS2. The standard InChI is InChI=1S/C20H22F3N3OS2/c1-13(2)6-4-7-14(3)10-11-28-19-26-25-18(29-19)24-17(27)15-8-5-9-16(12-15)20(21,22)23/h5-6,8-10,12H,4,7,11H2,1-3H3,(H,24,25,27)/b14-10+. The fraction of sp³-hybridized carbons (Fsp3) is 0.350. The van der Waals surface area contributed by atoms with Gasteiger partial charge in [-0.3, -0.25) is 10.1 Å². The quantitative estimate of drug-likeness (QED) is 0.285. The van der Waals surface area contributed by atoms with Crippen molar-refractivity contribution in [2.24, 2.45) is 0 Å². The maximum atomic E-state index is 12.8. The minimum atomic E-state index is -4.50. The molecule has 2 aromatic rings. The van der Waals surface area contributed by atoms with Gasteiger partial charge in [0.2, 0.25) is 5.13 Å². The number of rotatable bonds is 8. The molecule has 0 saturated heterocycles. The van der Waals surface area contributed by atoms with Gasteiger partial charge in [-0.1, -0.05) is 52.5 Å². The number of carbonyl (C=O) groups excluding carboxylic acids is 1. The van der Waals surface area contributed by atoms with E-state index in [1.807, 2.05) is 0 Å². The van der Waals surface area contributed by atoms with E-state index in [1.165, 1.54) is 46.4 Å². The monoisotopic (exact) mass is 441 g/mol. The molecule has 0 radical (unpaired) electrons. The molecule has 1 heterocycles. The van der Waals surface area contributed by atoms with Crippen molar-refractivity contribution in [3.8, 4) is 0 Å². The first-order valence-electron chi connectivity index (χ1n) is 8.89. The Bertz CT molecular complexity index is 900. The molecule has 0 atom stereocenters. The average molecular weight is 442 g/mol. The molecule has 0 aliphatic rings. The second-order valence-electron chi connectivity index (χ2n) is 6.59. The zero-order chi connectivity index (χ0) is 21.4. The number of halogens is 3. The number of hydrogen-bond donors (Lipinski definition) is 1. The highest BCUT2D eigenvalue weighted by molar-refractivity contribution is 8.01. The lowest BCUT2D eigenvalue weighted by molar-refractivity contribution is -0.137. The summed E-state index contributed by atoms with van der Waals surface area (Å²) in [5, 5.41) is 10.6. The van der Waals surface area contributed by atoms with Crippen LogP contribution >= 0.6 is 23.1 Å². The molecule has 0 bridgehead atoms. The number of benzene rings is 1. The zero-order valence-electron chi connectivity index (χ0n) is 16.3. The summed E-state index contributed by atoms with van der Waals surface area (Å²) in [6.07, 6.45) is 1.85. The van der Waals surface area contributed by atoms with E-state index < -0.39 is 17.6 Å². The summed E-state index contributed by atoms with van der Waals surface area (Å²) in [4.78, 5) is 12.2. The topological polar surface area (TPSA) is 54.9 Å². The third-order valence-electron chi connectivity index (χ3n) is 3.81. The average Bonchev–Trinajstić information content (AvgIpc) is 3.08. The van der Waals surface area contributed by atoms with Gasteiger partial charge < -0.3 is 0 Å². The summed E-state index contributed by atoms with van der Waals surface area (Å²) in [5.41, 5.74) is 1.64. The molecule has 0 fully saturated rings. The first-order chi connectivity index (χ1) is 13.6. The number of allylic oxidation sites excluding steroid dienone is 3. The van der Waals surface area contributed by atoms with E-state index in [2.05, 4.69) is 48.4 Å². The summed E-state index contributed by atoms with van der Waals surface area (Å²) >= 11 is 2.68. The van der Waals surface area contributed by atoms with Gasteiger partial charge in [0.1, 0.15) is 0 Å².